The first-order valence-corrected chi connectivity index (χ1v) is 6.23. The molecule has 1 aliphatic rings. The first kappa shape index (κ1) is 10.7. The Morgan fingerprint density at radius 2 is 2.40 bits per heavy atom. The van der Waals surface area contributed by atoms with Crippen molar-refractivity contribution in [1.29, 1.82) is 0 Å². The van der Waals surface area contributed by atoms with E-state index in [1.165, 1.54) is 0 Å². The summed E-state index contributed by atoms with van der Waals surface area (Å²) >= 11 is 1.74. The van der Waals surface area contributed by atoms with E-state index in [2.05, 4.69) is 9.97 Å². The minimum absolute atomic E-state index is 0.0245. The van der Waals surface area contributed by atoms with E-state index in [1.807, 2.05) is 6.92 Å². The normalized spacial score (nSPS) is 14.2. The number of nitrogens with one attached hydrogen (secondary N) is 1. The second kappa shape index (κ2) is 4.81. The summed E-state index contributed by atoms with van der Waals surface area (Å²) in [4.78, 5) is 18.9. The zero-order valence-electron chi connectivity index (χ0n) is 8.71. The molecule has 0 radical (unpaired) electrons. The minimum atomic E-state index is 0.0245. The van der Waals surface area contributed by atoms with Crippen LogP contribution in [0.4, 0.5) is 0 Å². The maximum Gasteiger partial charge on any atom is 0.255 e. The molecule has 1 aromatic heterocycles. The van der Waals surface area contributed by atoms with Gasteiger partial charge in [-0.3, -0.25) is 4.79 Å². The first-order valence-electron chi connectivity index (χ1n) is 5.07. The van der Waals surface area contributed by atoms with Crippen LogP contribution in [0.2, 0.25) is 0 Å². The smallest absolute Gasteiger partial charge is 0.255 e. The van der Waals surface area contributed by atoms with Crippen molar-refractivity contribution in [2.75, 3.05) is 13.2 Å². The van der Waals surface area contributed by atoms with Gasteiger partial charge in [0.05, 0.1) is 12.3 Å². The summed E-state index contributed by atoms with van der Waals surface area (Å²) in [5.74, 6) is 2.40. The van der Waals surface area contributed by atoms with E-state index in [0.717, 1.165) is 28.6 Å². The lowest BCUT2D eigenvalue weighted by atomic mass is 10.2. The molecule has 1 N–H and O–H groups in total. The quantitative estimate of drug-likeness (QED) is 0.781. The van der Waals surface area contributed by atoms with Crippen LogP contribution in [0.5, 0.6) is 0 Å². The average Bonchev–Trinajstić information content (AvgIpc) is 2.66. The molecule has 0 bridgehead atoms. The molecule has 15 heavy (non-hydrogen) atoms. The number of ether oxygens (including phenoxy) is 1. The number of rotatable bonds is 4. The fourth-order valence-electron chi connectivity index (χ4n) is 1.55. The van der Waals surface area contributed by atoms with Crippen LogP contribution in [0.1, 0.15) is 24.0 Å². The Balaban J connectivity index is 2.13. The van der Waals surface area contributed by atoms with Crippen molar-refractivity contribution < 1.29 is 4.74 Å². The van der Waals surface area contributed by atoms with Gasteiger partial charge in [0.15, 0.2) is 0 Å². The van der Waals surface area contributed by atoms with Gasteiger partial charge in [-0.15, -0.1) is 0 Å². The van der Waals surface area contributed by atoms with Crippen LogP contribution in [-0.2, 0) is 22.7 Å². The third-order valence-electron chi connectivity index (χ3n) is 2.32. The third kappa shape index (κ3) is 2.41. The van der Waals surface area contributed by atoms with Crippen LogP contribution in [0.15, 0.2) is 4.79 Å². The fourth-order valence-corrected chi connectivity index (χ4v) is 2.58. The highest BCUT2D eigenvalue weighted by Gasteiger charge is 2.17. The van der Waals surface area contributed by atoms with Crippen LogP contribution in [0.3, 0.4) is 0 Å². The zero-order chi connectivity index (χ0) is 10.7. The summed E-state index contributed by atoms with van der Waals surface area (Å²) in [6, 6.07) is 0. The molecule has 0 saturated carbocycles. The zero-order valence-corrected chi connectivity index (χ0v) is 9.52. The fraction of sp³-hybridized carbons (Fsp3) is 0.600. The van der Waals surface area contributed by atoms with Gasteiger partial charge in [-0.05, 0) is 6.92 Å². The lowest BCUT2D eigenvalue weighted by Crippen LogP contribution is -2.18. The number of aromatic amines is 1. The molecule has 1 aliphatic heterocycles. The maximum absolute atomic E-state index is 11.6. The van der Waals surface area contributed by atoms with Crippen molar-refractivity contribution in [2.45, 2.75) is 24.9 Å². The molecule has 0 fully saturated rings. The topological polar surface area (TPSA) is 55.0 Å². The summed E-state index contributed by atoms with van der Waals surface area (Å²) in [5, 5.41) is 0. The highest BCUT2D eigenvalue weighted by molar-refractivity contribution is 7.98. The van der Waals surface area contributed by atoms with Gasteiger partial charge in [0, 0.05) is 30.1 Å². The van der Waals surface area contributed by atoms with Crippen LogP contribution in [0.25, 0.3) is 0 Å². The van der Waals surface area contributed by atoms with E-state index in [0.29, 0.717) is 19.6 Å². The third-order valence-corrected chi connectivity index (χ3v) is 3.29. The van der Waals surface area contributed by atoms with E-state index >= 15 is 0 Å². The first-order chi connectivity index (χ1) is 7.31. The lowest BCUT2D eigenvalue weighted by molar-refractivity contribution is 0.149. The molecule has 0 atom stereocenters. The Labute approximate surface area is 92.5 Å². The molecule has 1 aromatic rings. The second-order valence-electron chi connectivity index (χ2n) is 3.38. The summed E-state index contributed by atoms with van der Waals surface area (Å²) in [5.41, 5.74) is 1.83. The van der Waals surface area contributed by atoms with Gasteiger partial charge in [0.25, 0.3) is 5.56 Å². The number of H-pyrrole nitrogens is 1. The van der Waals surface area contributed by atoms with E-state index < -0.39 is 0 Å². The van der Waals surface area contributed by atoms with E-state index in [-0.39, 0.29) is 5.56 Å². The van der Waals surface area contributed by atoms with Gasteiger partial charge >= 0.3 is 0 Å². The standard InChI is InChI=1S/C10H14N2O2S/c1-2-14-4-3-9-11-8-6-15-5-7(8)10(13)12-9/h2-6H2,1H3,(H,11,12,13). The Morgan fingerprint density at radius 1 is 1.53 bits per heavy atom. The van der Waals surface area contributed by atoms with Crippen LogP contribution in [-0.4, -0.2) is 23.2 Å². The lowest BCUT2D eigenvalue weighted by Gasteiger charge is -2.03. The van der Waals surface area contributed by atoms with Gasteiger partial charge in [0.2, 0.25) is 0 Å². The molecule has 0 spiro atoms. The Bertz CT molecular complexity index is 403. The molecule has 0 unspecified atom stereocenters. The number of hydrogen-bond donors (Lipinski definition) is 1. The molecular formula is C10H14N2O2S. The van der Waals surface area contributed by atoms with E-state index in [9.17, 15) is 4.79 Å². The summed E-state index contributed by atoms with van der Waals surface area (Å²) < 4.78 is 5.23. The van der Waals surface area contributed by atoms with Gasteiger partial charge in [-0.1, -0.05) is 0 Å². The van der Waals surface area contributed by atoms with Crippen molar-refractivity contribution in [1.82, 2.24) is 9.97 Å². The van der Waals surface area contributed by atoms with Crippen molar-refractivity contribution in [3.8, 4) is 0 Å². The van der Waals surface area contributed by atoms with Crippen LogP contribution >= 0.6 is 11.8 Å². The number of aromatic nitrogens is 2. The molecule has 2 heterocycles. The number of nitrogens with zero attached hydrogens (tertiary/aromatic N) is 1. The van der Waals surface area contributed by atoms with E-state index in [4.69, 9.17) is 4.74 Å². The maximum atomic E-state index is 11.6. The minimum Gasteiger partial charge on any atom is -0.381 e. The molecule has 5 heteroatoms. The monoisotopic (exact) mass is 226 g/mol. The Kier molecular flexibility index (Phi) is 3.43. The predicted octanol–water partition coefficient (Wildman–Crippen LogP) is 1.10. The number of hydrogen-bond acceptors (Lipinski definition) is 4. The van der Waals surface area contributed by atoms with Crippen LogP contribution in [0, 0.1) is 0 Å². The highest BCUT2D eigenvalue weighted by Crippen LogP contribution is 2.24. The van der Waals surface area contributed by atoms with Gasteiger partial charge in [-0.2, -0.15) is 11.8 Å². The van der Waals surface area contributed by atoms with E-state index in [1.54, 1.807) is 11.8 Å². The molecule has 0 amide bonds. The van der Waals surface area contributed by atoms with Gasteiger partial charge in [-0.25, -0.2) is 4.98 Å². The molecule has 2 rings (SSSR count). The average molecular weight is 226 g/mol. The molecule has 0 aliphatic carbocycles. The predicted molar refractivity (Wildman–Crippen MR) is 60.1 cm³/mol. The SMILES string of the molecule is CCOCCc1nc2c(c(=O)[nH]1)CSC2. The second-order valence-corrected chi connectivity index (χ2v) is 4.36. The number of thioether (sulfide) groups is 1. The summed E-state index contributed by atoms with van der Waals surface area (Å²) in [7, 11) is 0. The van der Waals surface area contributed by atoms with Crippen molar-refractivity contribution in [2.24, 2.45) is 0 Å². The van der Waals surface area contributed by atoms with Crippen molar-refractivity contribution in [3.63, 3.8) is 0 Å². The number of fused-ring (bicyclic) bond motifs is 1. The molecular weight excluding hydrogens is 212 g/mol. The molecule has 0 saturated heterocycles. The summed E-state index contributed by atoms with van der Waals surface area (Å²) in [6.45, 7) is 3.27. The van der Waals surface area contributed by atoms with Crippen molar-refractivity contribution in [3.05, 3.63) is 27.4 Å². The molecule has 0 aromatic carbocycles. The van der Waals surface area contributed by atoms with Crippen molar-refractivity contribution >= 4 is 11.8 Å². The molecule has 4 nitrogen and oxygen atoms in total. The Hall–Kier alpha value is -0.810. The Morgan fingerprint density at radius 3 is 3.20 bits per heavy atom. The van der Waals surface area contributed by atoms with Gasteiger partial charge < -0.3 is 9.72 Å². The largest absolute Gasteiger partial charge is 0.381 e. The molecule has 82 valence electrons. The highest BCUT2D eigenvalue weighted by atomic mass is 32.2. The summed E-state index contributed by atoms with van der Waals surface area (Å²) in [6.07, 6.45) is 0.682. The van der Waals surface area contributed by atoms with Crippen LogP contribution < -0.4 is 5.56 Å². The van der Waals surface area contributed by atoms with Gasteiger partial charge in [0.1, 0.15) is 5.82 Å².